The van der Waals surface area contributed by atoms with Gasteiger partial charge in [0.1, 0.15) is 12.4 Å². The van der Waals surface area contributed by atoms with E-state index in [4.69, 9.17) is 19.7 Å². The number of aromatic amines is 1. The molecule has 4 aliphatic rings. The zero-order valence-corrected chi connectivity index (χ0v) is 25.4. The number of esters is 1. The Bertz CT molecular complexity index is 1810. The van der Waals surface area contributed by atoms with E-state index in [1.807, 2.05) is 32.1 Å². The summed E-state index contributed by atoms with van der Waals surface area (Å²) < 4.78 is 4.91. The van der Waals surface area contributed by atoms with Crippen molar-refractivity contribution >= 4 is 41.0 Å². The number of hydrogen-bond acceptors (Lipinski definition) is 7. The van der Waals surface area contributed by atoms with Gasteiger partial charge in [-0.2, -0.15) is 0 Å². The summed E-state index contributed by atoms with van der Waals surface area (Å²) in [6.07, 6.45) is 10.3. The summed E-state index contributed by atoms with van der Waals surface area (Å²) in [5.74, 6) is -0.430. The summed E-state index contributed by atoms with van der Waals surface area (Å²) in [6, 6.07) is 0. The molecule has 4 aliphatic heterocycles. The number of H-pyrrole nitrogens is 1. The SMILES string of the molecule is CCC1=C(C)C2=NC1=CC1=NC(=Cc3[nH]c(c(=C(O)CO)c3C)=CC3=NC(=C2)C(C)=C3CCC(=O)OC)C(CC)=C1C. The lowest BCUT2D eigenvalue weighted by atomic mass is 9.98. The van der Waals surface area contributed by atoms with Crippen molar-refractivity contribution in [1.29, 1.82) is 0 Å². The van der Waals surface area contributed by atoms with Gasteiger partial charge in [0.25, 0.3) is 0 Å². The van der Waals surface area contributed by atoms with Crippen LogP contribution in [-0.4, -0.2) is 52.0 Å². The summed E-state index contributed by atoms with van der Waals surface area (Å²) >= 11 is 0. The molecule has 0 amide bonds. The highest BCUT2D eigenvalue weighted by Gasteiger charge is 2.26. The maximum atomic E-state index is 12.1. The third-order valence-electron chi connectivity index (χ3n) is 8.54. The Morgan fingerprint density at radius 3 is 1.95 bits per heavy atom. The molecular formula is C34H38N4O4. The molecule has 0 atom stereocenters. The predicted octanol–water partition coefficient (Wildman–Crippen LogP) is 4.97. The van der Waals surface area contributed by atoms with E-state index < -0.39 is 6.61 Å². The lowest BCUT2D eigenvalue weighted by Gasteiger charge is -2.05. The first-order valence-corrected chi connectivity index (χ1v) is 14.4. The fourth-order valence-corrected chi connectivity index (χ4v) is 6.07. The first-order valence-electron chi connectivity index (χ1n) is 14.4. The first-order chi connectivity index (χ1) is 20.1. The molecule has 0 saturated heterocycles. The van der Waals surface area contributed by atoms with Gasteiger partial charge >= 0.3 is 5.97 Å². The van der Waals surface area contributed by atoms with Crippen LogP contribution < -0.4 is 10.6 Å². The van der Waals surface area contributed by atoms with Gasteiger partial charge in [-0.1, -0.05) is 13.8 Å². The molecule has 0 spiro atoms. The van der Waals surface area contributed by atoms with Gasteiger partial charge in [0.05, 0.1) is 46.7 Å². The lowest BCUT2D eigenvalue weighted by molar-refractivity contribution is -0.140. The van der Waals surface area contributed by atoms with Gasteiger partial charge in [-0.3, -0.25) is 4.79 Å². The third-order valence-corrected chi connectivity index (χ3v) is 8.54. The number of hydrogen-bond donors (Lipinski definition) is 3. The number of rotatable bonds is 6. The number of nitrogens with zero attached hydrogens (tertiary/aromatic N) is 3. The quantitative estimate of drug-likeness (QED) is 0.421. The number of aliphatic hydroxyl groups is 2. The second-order valence-electron chi connectivity index (χ2n) is 10.9. The lowest BCUT2D eigenvalue weighted by Crippen LogP contribution is -2.29. The van der Waals surface area contributed by atoms with E-state index in [9.17, 15) is 15.0 Å². The molecule has 3 N–H and O–H groups in total. The van der Waals surface area contributed by atoms with Crippen molar-refractivity contribution in [3.63, 3.8) is 0 Å². The van der Waals surface area contributed by atoms with Gasteiger partial charge in [0.2, 0.25) is 0 Å². The largest absolute Gasteiger partial charge is 0.509 e. The maximum absolute atomic E-state index is 12.1. The number of aliphatic hydroxyl groups excluding tert-OH is 2. The average Bonchev–Trinajstić information content (AvgIpc) is 3.64. The fraction of sp³-hybridized carbons (Fsp3) is 0.353. The molecule has 1 aromatic heterocycles. The van der Waals surface area contributed by atoms with E-state index in [0.717, 1.165) is 80.5 Å². The second kappa shape index (κ2) is 11.5. The van der Waals surface area contributed by atoms with Crippen LogP contribution in [0, 0.1) is 6.92 Å². The highest BCUT2D eigenvalue weighted by atomic mass is 16.5. The highest BCUT2D eigenvalue weighted by molar-refractivity contribution is 6.24. The zero-order valence-electron chi connectivity index (χ0n) is 25.4. The number of nitrogens with one attached hydrogen (secondary N) is 1. The topological polar surface area (TPSA) is 120 Å². The monoisotopic (exact) mass is 566 g/mol. The average molecular weight is 567 g/mol. The van der Waals surface area contributed by atoms with Crippen LogP contribution in [0.4, 0.5) is 0 Å². The molecule has 8 heteroatoms. The number of allylic oxidation sites excluding steroid dienone is 8. The van der Waals surface area contributed by atoms with Gasteiger partial charge in [0.15, 0.2) is 0 Å². The Morgan fingerprint density at radius 1 is 0.810 bits per heavy atom. The summed E-state index contributed by atoms with van der Waals surface area (Å²) in [5.41, 5.74) is 13.0. The van der Waals surface area contributed by atoms with Crippen LogP contribution >= 0.6 is 0 Å². The van der Waals surface area contributed by atoms with E-state index in [-0.39, 0.29) is 18.1 Å². The molecule has 218 valence electrons. The van der Waals surface area contributed by atoms with Crippen LogP contribution in [0.3, 0.4) is 0 Å². The Hall–Kier alpha value is -4.30. The number of aliphatic imine (C=N–C) groups is 3. The van der Waals surface area contributed by atoms with E-state index in [2.05, 4.69) is 38.8 Å². The molecule has 0 radical (unpaired) electrons. The number of carbonyl (C=O) groups excluding carboxylic acids is 1. The van der Waals surface area contributed by atoms with Crippen molar-refractivity contribution in [3.05, 3.63) is 84.5 Å². The minimum absolute atomic E-state index is 0.133. The number of aromatic nitrogens is 1. The van der Waals surface area contributed by atoms with Crippen LogP contribution in [0.2, 0.25) is 0 Å². The molecule has 1 aromatic rings. The van der Waals surface area contributed by atoms with E-state index in [0.29, 0.717) is 22.7 Å². The molecule has 0 fully saturated rings. The van der Waals surface area contributed by atoms with Crippen LogP contribution in [0.25, 0.3) is 17.9 Å². The van der Waals surface area contributed by atoms with E-state index in [1.165, 1.54) is 12.7 Å². The molecule has 42 heavy (non-hydrogen) atoms. The summed E-state index contributed by atoms with van der Waals surface area (Å²) in [4.78, 5) is 30.7. The molecule has 0 saturated carbocycles. The number of ether oxygens (including phenoxy) is 1. The van der Waals surface area contributed by atoms with Crippen molar-refractivity contribution in [2.24, 2.45) is 15.0 Å². The predicted molar refractivity (Wildman–Crippen MR) is 169 cm³/mol. The standard InChI is InChI=1S/C34H38N4O4/c1-8-21-17(3)24-12-25-19(5)23(10-11-33(41)42-7)30(37-25)15-31-34(32(40)16-39)20(6)27(38-31)14-29-22(9-2)18(4)26(36-29)13-28(21)35-24/h12-15,38-40H,8-11,16H2,1-7H3. The van der Waals surface area contributed by atoms with Gasteiger partial charge in [-0.15, -0.1) is 0 Å². The van der Waals surface area contributed by atoms with Gasteiger partial charge in [-0.25, -0.2) is 15.0 Å². The molecule has 5 rings (SSSR count). The molecule has 5 heterocycles. The molecule has 8 bridgehead atoms. The normalized spacial score (nSPS) is 18.9. The maximum Gasteiger partial charge on any atom is 0.305 e. The number of carbonyl (C=O) groups is 1. The van der Waals surface area contributed by atoms with Crippen molar-refractivity contribution in [1.82, 2.24) is 4.98 Å². The van der Waals surface area contributed by atoms with Crippen molar-refractivity contribution < 1.29 is 19.7 Å². The Kier molecular flexibility index (Phi) is 8.01. The first kappa shape index (κ1) is 29.2. The molecule has 0 aliphatic carbocycles. The van der Waals surface area contributed by atoms with Crippen molar-refractivity contribution in [3.8, 4) is 0 Å². The van der Waals surface area contributed by atoms with Crippen LogP contribution in [0.15, 0.2) is 77.7 Å². The fourth-order valence-electron chi connectivity index (χ4n) is 6.07. The summed E-state index contributed by atoms with van der Waals surface area (Å²) in [5, 5.41) is 21.8. The second-order valence-corrected chi connectivity index (χ2v) is 10.9. The Labute approximate surface area is 246 Å². The third kappa shape index (κ3) is 5.00. The highest BCUT2D eigenvalue weighted by Crippen LogP contribution is 2.35. The Balaban J connectivity index is 1.85. The number of fused-ring (bicyclic) bond motifs is 5. The molecule has 8 nitrogen and oxygen atoms in total. The summed E-state index contributed by atoms with van der Waals surface area (Å²) in [7, 11) is 1.39. The summed E-state index contributed by atoms with van der Waals surface area (Å²) in [6.45, 7) is 11.9. The van der Waals surface area contributed by atoms with Crippen molar-refractivity contribution in [2.45, 2.75) is 67.2 Å². The van der Waals surface area contributed by atoms with Gasteiger partial charge < -0.3 is 19.9 Å². The van der Waals surface area contributed by atoms with E-state index in [1.54, 1.807) is 0 Å². The Morgan fingerprint density at radius 2 is 1.38 bits per heavy atom. The number of methoxy groups -OCH3 is 1. The van der Waals surface area contributed by atoms with E-state index >= 15 is 0 Å². The minimum atomic E-state index is -0.502. The van der Waals surface area contributed by atoms with Crippen LogP contribution in [0.1, 0.15) is 71.6 Å². The van der Waals surface area contributed by atoms with Gasteiger partial charge in [0, 0.05) is 17.3 Å². The minimum Gasteiger partial charge on any atom is -0.509 e. The molecular weight excluding hydrogens is 528 g/mol. The molecule has 0 aromatic carbocycles. The van der Waals surface area contributed by atoms with Gasteiger partial charge in [-0.05, 0) is 110 Å². The van der Waals surface area contributed by atoms with Crippen molar-refractivity contribution in [2.75, 3.05) is 13.7 Å². The van der Waals surface area contributed by atoms with Crippen LogP contribution in [0.5, 0.6) is 0 Å². The van der Waals surface area contributed by atoms with Crippen LogP contribution in [-0.2, 0) is 9.53 Å². The smallest absolute Gasteiger partial charge is 0.305 e. The molecule has 0 unspecified atom stereocenters. The zero-order chi connectivity index (χ0) is 30.3.